The van der Waals surface area contributed by atoms with Gasteiger partial charge in [0, 0.05) is 25.2 Å². The van der Waals surface area contributed by atoms with Crippen LogP contribution in [0.1, 0.15) is 39.2 Å². The summed E-state index contributed by atoms with van der Waals surface area (Å²) >= 11 is 0. The number of para-hydroxylation sites is 1. The molecule has 0 radical (unpaired) electrons. The van der Waals surface area contributed by atoms with Gasteiger partial charge in [-0.25, -0.2) is 0 Å². The Bertz CT molecular complexity index is 439. The minimum atomic E-state index is 0.436. The maximum Gasteiger partial charge on any atom is 0.123 e. The summed E-state index contributed by atoms with van der Waals surface area (Å²) in [6.45, 7) is 12.0. The summed E-state index contributed by atoms with van der Waals surface area (Å²) in [7, 11) is 0. The number of nitrogens with zero attached hydrogens (tertiary/aromatic N) is 1. The number of likely N-dealkylation sites (tertiary alicyclic amines) is 1. The van der Waals surface area contributed by atoms with Crippen LogP contribution in [0, 0.1) is 11.3 Å². The SMILES string of the molecule is CC(C)(C)C1CCN(CCCOc2ccccc2CN)C1. The molecule has 1 atom stereocenters. The molecule has 0 aromatic heterocycles. The topological polar surface area (TPSA) is 38.5 Å². The quantitative estimate of drug-likeness (QED) is 0.817. The maximum absolute atomic E-state index is 5.88. The molecular formula is C18H30N2O. The van der Waals surface area contributed by atoms with E-state index in [9.17, 15) is 0 Å². The van der Waals surface area contributed by atoms with Crippen molar-refractivity contribution in [3.8, 4) is 5.75 Å². The van der Waals surface area contributed by atoms with E-state index in [1.54, 1.807) is 0 Å². The Morgan fingerprint density at radius 2 is 2.05 bits per heavy atom. The van der Waals surface area contributed by atoms with Crippen LogP contribution in [-0.2, 0) is 6.54 Å². The molecule has 1 fully saturated rings. The fourth-order valence-corrected chi connectivity index (χ4v) is 3.03. The second-order valence-corrected chi connectivity index (χ2v) is 7.17. The van der Waals surface area contributed by atoms with E-state index in [0.717, 1.165) is 36.8 Å². The van der Waals surface area contributed by atoms with E-state index in [1.807, 2.05) is 24.3 Å². The summed E-state index contributed by atoms with van der Waals surface area (Å²) in [6.07, 6.45) is 2.41. The van der Waals surface area contributed by atoms with Crippen LogP contribution in [-0.4, -0.2) is 31.1 Å². The number of hydrogen-bond acceptors (Lipinski definition) is 3. The summed E-state index contributed by atoms with van der Waals surface area (Å²) in [5, 5.41) is 0. The number of rotatable bonds is 6. The Kier molecular flexibility index (Phi) is 5.65. The van der Waals surface area contributed by atoms with Gasteiger partial charge in [0.15, 0.2) is 0 Å². The van der Waals surface area contributed by atoms with E-state index in [-0.39, 0.29) is 0 Å². The van der Waals surface area contributed by atoms with Crippen molar-refractivity contribution in [2.75, 3.05) is 26.2 Å². The minimum absolute atomic E-state index is 0.436. The molecule has 1 saturated heterocycles. The van der Waals surface area contributed by atoms with Crippen molar-refractivity contribution in [3.63, 3.8) is 0 Å². The van der Waals surface area contributed by atoms with Gasteiger partial charge in [0.25, 0.3) is 0 Å². The lowest BCUT2D eigenvalue weighted by Crippen LogP contribution is -2.27. The van der Waals surface area contributed by atoms with Crippen molar-refractivity contribution in [2.45, 2.75) is 40.2 Å². The van der Waals surface area contributed by atoms with Gasteiger partial charge in [-0.1, -0.05) is 39.0 Å². The van der Waals surface area contributed by atoms with Crippen LogP contribution in [0.2, 0.25) is 0 Å². The molecule has 1 unspecified atom stereocenters. The average molecular weight is 290 g/mol. The van der Waals surface area contributed by atoms with Crippen LogP contribution < -0.4 is 10.5 Å². The third-order valence-corrected chi connectivity index (χ3v) is 4.57. The lowest BCUT2D eigenvalue weighted by molar-refractivity contribution is 0.217. The molecule has 21 heavy (non-hydrogen) atoms. The number of hydrogen-bond donors (Lipinski definition) is 1. The van der Waals surface area contributed by atoms with E-state index in [1.165, 1.54) is 19.5 Å². The number of nitrogens with two attached hydrogens (primary N) is 1. The van der Waals surface area contributed by atoms with E-state index in [4.69, 9.17) is 10.5 Å². The van der Waals surface area contributed by atoms with E-state index >= 15 is 0 Å². The Hall–Kier alpha value is -1.06. The largest absolute Gasteiger partial charge is 0.493 e. The lowest BCUT2D eigenvalue weighted by atomic mass is 9.80. The molecule has 0 bridgehead atoms. The highest BCUT2D eigenvalue weighted by Crippen LogP contribution is 2.33. The molecule has 2 rings (SSSR count). The maximum atomic E-state index is 5.88. The Labute approximate surface area is 129 Å². The first kappa shape index (κ1) is 16.3. The van der Waals surface area contributed by atoms with Gasteiger partial charge in [-0.05, 0) is 36.8 Å². The highest BCUT2D eigenvalue weighted by atomic mass is 16.5. The van der Waals surface area contributed by atoms with Crippen LogP contribution in [0.3, 0.4) is 0 Å². The number of ether oxygens (including phenoxy) is 1. The molecule has 1 aromatic carbocycles. The zero-order valence-corrected chi connectivity index (χ0v) is 13.8. The summed E-state index contributed by atoms with van der Waals surface area (Å²) in [5.41, 5.74) is 7.25. The molecule has 0 amide bonds. The van der Waals surface area contributed by atoms with Gasteiger partial charge >= 0.3 is 0 Å². The highest BCUT2D eigenvalue weighted by molar-refractivity contribution is 5.32. The van der Waals surface area contributed by atoms with Gasteiger partial charge in [0.05, 0.1) is 6.61 Å². The van der Waals surface area contributed by atoms with E-state index in [0.29, 0.717) is 12.0 Å². The summed E-state index contributed by atoms with van der Waals surface area (Å²) < 4.78 is 5.88. The van der Waals surface area contributed by atoms with Gasteiger partial charge in [0.2, 0.25) is 0 Å². The van der Waals surface area contributed by atoms with Crippen molar-refractivity contribution < 1.29 is 4.74 Å². The first-order valence-corrected chi connectivity index (χ1v) is 8.14. The van der Waals surface area contributed by atoms with E-state index in [2.05, 4.69) is 25.7 Å². The predicted molar refractivity (Wildman–Crippen MR) is 88.4 cm³/mol. The van der Waals surface area contributed by atoms with Crippen molar-refractivity contribution in [2.24, 2.45) is 17.1 Å². The molecule has 2 N–H and O–H groups in total. The van der Waals surface area contributed by atoms with Crippen LogP contribution >= 0.6 is 0 Å². The molecule has 0 aliphatic carbocycles. The van der Waals surface area contributed by atoms with Crippen molar-refractivity contribution >= 4 is 0 Å². The van der Waals surface area contributed by atoms with Crippen LogP contribution in [0.5, 0.6) is 5.75 Å². The molecule has 1 aliphatic heterocycles. The summed E-state index contributed by atoms with van der Waals surface area (Å²) in [5.74, 6) is 1.77. The second-order valence-electron chi connectivity index (χ2n) is 7.17. The molecule has 1 aromatic rings. The van der Waals surface area contributed by atoms with Gasteiger partial charge in [-0.2, -0.15) is 0 Å². The normalized spacial score (nSPS) is 19.9. The molecule has 118 valence electrons. The van der Waals surface area contributed by atoms with Crippen LogP contribution in [0.4, 0.5) is 0 Å². The third-order valence-electron chi connectivity index (χ3n) is 4.57. The van der Waals surface area contributed by atoms with Crippen molar-refractivity contribution in [1.82, 2.24) is 4.90 Å². The third kappa shape index (κ3) is 4.72. The first-order chi connectivity index (χ1) is 10.0. The highest BCUT2D eigenvalue weighted by Gasteiger charge is 2.31. The van der Waals surface area contributed by atoms with E-state index < -0.39 is 0 Å². The molecule has 0 spiro atoms. The fourth-order valence-electron chi connectivity index (χ4n) is 3.03. The molecule has 0 saturated carbocycles. The Morgan fingerprint density at radius 1 is 1.29 bits per heavy atom. The molecule has 1 aliphatic rings. The van der Waals surface area contributed by atoms with Crippen LogP contribution in [0.25, 0.3) is 0 Å². The van der Waals surface area contributed by atoms with Crippen molar-refractivity contribution in [1.29, 1.82) is 0 Å². The van der Waals surface area contributed by atoms with Crippen LogP contribution in [0.15, 0.2) is 24.3 Å². The smallest absolute Gasteiger partial charge is 0.123 e. The van der Waals surface area contributed by atoms with Gasteiger partial charge in [-0.3, -0.25) is 0 Å². The molecule has 3 heteroatoms. The van der Waals surface area contributed by atoms with Gasteiger partial charge in [-0.15, -0.1) is 0 Å². The van der Waals surface area contributed by atoms with Gasteiger partial charge < -0.3 is 15.4 Å². The minimum Gasteiger partial charge on any atom is -0.493 e. The Morgan fingerprint density at radius 3 is 2.71 bits per heavy atom. The lowest BCUT2D eigenvalue weighted by Gasteiger charge is -2.27. The monoisotopic (exact) mass is 290 g/mol. The molecule has 1 heterocycles. The first-order valence-electron chi connectivity index (χ1n) is 8.14. The average Bonchev–Trinajstić information content (AvgIpc) is 2.93. The fraction of sp³-hybridized carbons (Fsp3) is 0.667. The zero-order valence-electron chi connectivity index (χ0n) is 13.8. The molecule has 3 nitrogen and oxygen atoms in total. The Balaban J connectivity index is 1.69. The standard InChI is InChI=1S/C18H30N2O/c1-18(2,3)16-9-11-20(14-16)10-6-12-21-17-8-5-4-7-15(17)13-19/h4-5,7-8,16H,6,9-14,19H2,1-3H3. The predicted octanol–water partition coefficient (Wildman–Crippen LogP) is 3.28. The van der Waals surface area contributed by atoms with Crippen molar-refractivity contribution in [3.05, 3.63) is 29.8 Å². The summed E-state index contributed by atoms with van der Waals surface area (Å²) in [6, 6.07) is 8.05. The zero-order chi connectivity index (χ0) is 15.3. The second kappa shape index (κ2) is 7.28. The molecular weight excluding hydrogens is 260 g/mol. The number of benzene rings is 1. The van der Waals surface area contributed by atoms with Gasteiger partial charge in [0.1, 0.15) is 5.75 Å². The summed E-state index contributed by atoms with van der Waals surface area (Å²) in [4.78, 5) is 2.58.